The molecule has 1 aromatic rings. The minimum Gasteiger partial charge on any atom is -0.383 e. The monoisotopic (exact) mass is 194 g/mol. The number of hydrogen-bond donors (Lipinski definition) is 2. The van der Waals surface area contributed by atoms with Crippen LogP contribution in [0.25, 0.3) is 0 Å². The number of carbonyl (C=O) groups is 1. The van der Waals surface area contributed by atoms with E-state index in [1.807, 2.05) is 0 Å². The Bertz CT molecular complexity index is 327. The van der Waals surface area contributed by atoms with Gasteiger partial charge in [0.25, 0.3) is 5.91 Å². The molecule has 1 aromatic heterocycles. The molecular weight excluding hydrogens is 180 g/mol. The second-order valence-corrected chi connectivity index (χ2v) is 3.51. The Balaban J connectivity index is 2.11. The maximum atomic E-state index is 11.8. The molecule has 1 atom stereocenters. The summed E-state index contributed by atoms with van der Waals surface area (Å²) in [6.45, 7) is 0.900. The van der Waals surface area contributed by atoms with Crippen molar-refractivity contribution in [3.05, 3.63) is 12.3 Å². The minimum atomic E-state index is -0.119. The van der Waals surface area contributed by atoms with Gasteiger partial charge in [0.1, 0.15) is 5.82 Å². The van der Waals surface area contributed by atoms with Crippen LogP contribution < -0.4 is 11.1 Å². The van der Waals surface area contributed by atoms with Crippen molar-refractivity contribution in [3.8, 4) is 0 Å². The lowest BCUT2D eigenvalue weighted by Gasteiger charge is -2.21. The van der Waals surface area contributed by atoms with Crippen molar-refractivity contribution in [1.82, 2.24) is 15.1 Å². The highest BCUT2D eigenvalue weighted by atomic mass is 16.2. The van der Waals surface area contributed by atoms with E-state index in [2.05, 4.69) is 10.4 Å². The van der Waals surface area contributed by atoms with Crippen molar-refractivity contribution < 1.29 is 4.79 Å². The van der Waals surface area contributed by atoms with E-state index in [-0.39, 0.29) is 11.9 Å². The first-order valence-corrected chi connectivity index (χ1v) is 4.86. The highest BCUT2D eigenvalue weighted by Gasteiger charge is 2.23. The van der Waals surface area contributed by atoms with Gasteiger partial charge in [0.2, 0.25) is 0 Å². The SMILES string of the molecule is Nc1ccnn1C(=O)C1CCCCN1. The molecule has 5 heteroatoms. The molecule has 0 amide bonds. The zero-order valence-corrected chi connectivity index (χ0v) is 7.94. The number of aromatic nitrogens is 2. The van der Waals surface area contributed by atoms with Gasteiger partial charge < -0.3 is 11.1 Å². The lowest BCUT2D eigenvalue weighted by Crippen LogP contribution is -2.43. The first kappa shape index (κ1) is 9.21. The quantitative estimate of drug-likeness (QED) is 0.672. The highest BCUT2D eigenvalue weighted by molar-refractivity contribution is 5.85. The lowest BCUT2D eigenvalue weighted by molar-refractivity contribution is 0.0829. The molecule has 1 saturated heterocycles. The molecule has 0 spiro atoms. The molecule has 0 aromatic carbocycles. The Hall–Kier alpha value is -1.36. The number of rotatable bonds is 1. The van der Waals surface area contributed by atoms with Crippen LogP contribution in [0.2, 0.25) is 0 Å². The Morgan fingerprint density at radius 3 is 3.07 bits per heavy atom. The van der Waals surface area contributed by atoms with E-state index >= 15 is 0 Å². The van der Waals surface area contributed by atoms with Crippen LogP contribution in [-0.2, 0) is 0 Å². The smallest absolute Gasteiger partial charge is 0.265 e. The largest absolute Gasteiger partial charge is 0.383 e. The van der Waals surface area contributed by atoms with Gasteiger partial charge in [-0.25, -0.2) is 0 Å². The van der Waals surface area contributed by atoms with Crippen LogP contribution in [0.4, 0.5) is 5.82 Å². The first-order chi connectivity index (χ1) is 6.79. The predicted molar refractivity (Wildman–Crippen MR) is 52.9 cm³/mol. The van der Waals surface area contributed by atoms with Gasteiger partial charge in [0.15, 0.2) is 0 Å². The molecule has 1 aliphatic heterocycles. The average Bonchev–Trinajstić information content (AvgIpc) is 2.65. The van der Waals surface area contributed by atoms with Crippen LogP contribution in [0, 0.1) is 0 Å². The number of nitrogens with one attached hydrogen (secondary N) is 1. The fourth-order valence-corrected chi connectivity index (χ4v) is 1.71. The third-order valence-corrected chi connectivity index (χ3v) is 2.49. The fraction of sp³-hybridized carbons (Fsp3) is 0.556. The van der Waals surface area contributed by atoms with E-state index in [0.29, 0.717) is 5.82 Å². The lowest BCUT2D eigenvalue weighted by atomic mass is 10.0. The Labute approximate surface area is 82.3 Å². The van der Waals surface area contributed by atoms with Gasteiger partial charge in [-0.3, -0.25) is 4.79 Å². The van der Waals surface area contributed by atoms with Crippen LogP contribution in [0.15, 0.2) is 12.3 Å². The Kier molecular flexibility index (Phi) is 2.49. The number of nitrogens with two attached hydrogens (primary N) is 1. The second kappa shape index (κ2) is 3.79. The van der Waals surface area contributed by atoms with Gasteiger partial charge >= 0.3 is 0 Å². The van der Waals surface area contributed by atoms with Gasteiger partial charge in [0, 0.05) is 6.07 Å². The summed E-state index contributed by atoms with van der Waals surface area (Å²) in [6.07, 6.45) is 4.64. The molecule has 0 radical (unpaired) electrons. The van der Waals surface area contributed by atoms with Gasteiger partial charge in [-0.2, -0.15) is 9.78 Å². The summed E-state index contributed by atoms with van der Waals surface area (Å²) in [5.74, 6) is 0.356. The molecular formula is C9H14N4O. The molecule has 76 valence electrons. The molecule has 5 nitrogen and oxygen atoms in total. The van der Waals surface area contributed by atoms with Gasteiger partial charge in [-0.05, 0) is 19.4 Å². The number of nitrogens with zero attached hydrogens (tertiary/aromatic N) is 2. The minimum absolute atomic E-state index is 0.0489. The van der Waals surface area contributed by atoms with Gasteiger partial charge in [-0.15, -0.1) is 0 Å². The van der Waals surface area contributed by atoms with Crippen molar-refractivity contribution in [2.45, 2.75) is 25.3 Å². The van der Waals surface area contributed by atoms with E-state index < -0.39 is 0 Å². The average molecular weight is 194 g/mol. The van der Waals surface area contributed by atoms with Crippen molar-refractivity contribution in [3.63, 3.8) is 0 Å². The second-order valence-electron chi connectivity index (χ2n) is 3.51. The Morgan fingerprint density at radius 2 is 2.50 bits per heavy atom. The zero-order chi connectivity index (χ0) is 9.97. The third-order valence-electron chi connectivity index (χ3n) is 2.49. The summed E-state index contributed by atoms with van der Waals surface area (Å²) in [7, 11) is 0. The van der Waals surface area contributed by atoms with Crippen molar-refractivity contribution in [1.29, 1.82) is 0 Å². The van der Waals surface area contributed by atoms with E-state index in [1.165, 1.54) is 10.9 Å². The zero-order valence-electron chi connectivity index (χ0n) is 7.94. The van der Waals surface area contributed by atoms with Gasteiger partial charge in [-0.1, -0.05) is 6.42 Å². The van der Waals surface area contributed by atoms with Crippen LogP contribution in [0.1, 0.15) is 24.1 Å². The van der Waals surface area contributed by atoms with Crippen LogP contribution in [-0.4, -0.2) is 28.3 Å². The van der Waals surface area contributed by atoms with Crippen molar-refractivity contribution in [2.24, 2.45) is 0 Å². The summed E-state index contributed by atoms with van der Waals surface area (Å²) in [4.78, 5) is 11.8. The van der Waals surface area contributed by atoms with Crippen LogP contribution in [0.3, 0.4) is 0 Å². The summed E-state index contributed by atoms with van der Waals surface area (Å²) < 4.78 is 1.27. The fourth-order valence-electron chi connectivity index (χ4n) is 1.71. The Morgan fingerprint density at radius 1 is 1.64 bits per heavy atom. The summed E-state index contributed by atoms with van der Waals surface area (Å²) in [5.41, 5.74) is 5.60. The van der Waals surface area contributed by atoms with Crippen LogP contribution >= 0.6 is 0 Å². The molecule has 3 N–H and O–H groups in total. The molecule has 0 saturated carbocycles. The topological polar surface area (TPSA) is 72.9 Å². The molecule has 1 fully saturated rings. The van der Waals surface area contributed by atoms with E-state index in [4.69, 9.17) is 5.73 Å². The van der Waals surface area contributed by atoms with Gasteiger partial charge in [0.05, 0.1) is 12.2 Å². The number of hydrogen-bond acceptors (Lipinski definition) is 4. The highest BCUT2D eigenvalue weighted by Crippen LogP contribution is 2.10. The maximum Gasteiger partial charge on any atom is 0.265 e. The first-order valence-electron chi connectivity index (χ1n) is 4.86. The number of anilines is 1. The summed E-state index contributed by atoms with van der Waals surface area (Å²) in [6, 6.07) is 1.51. The summed E-state index contributed by atoms with van der Waals surface area (Å²) >= 11 is 0. The molecule has 1 unspecified atom stereocenters. The molecule has 2 heterocycles. The normalized spacial score (nSPS) is 22.1. The maximum absolute atomic E-state index is 11.8. The molecule has 1 aliphatic rings. The molecule has 0 aliphatic carbocycles. The number of carbonyl (C=O) groups excluding carboxylic acids is 1. The number of piperidine rings is 1. The van der Waals surface area contributed by atoms with Crippen molar-refractivity contribution >= 4 is 11.7 Å². The molecule has 2 rings (SSSR count). The van der Waals surface area contributed by atoms with E-state index in [1.54, 1.807) is 6.07 Å². The predicted octanol–water partition coefficient (Wildman–Crippen LogP) is 0.248. The third kappa shape index (κ3) is 1.63. The van der Waals surface area contributed by atoms with E-state index in [0.717, 1.165) is 25.8 Å². The standard InChI is InChI=1S/C9H14N4O/c10-8-4-6-12-13(8)9(14)7-3-1-2-5-11-7/h4,6-7,11H,1-3,5,10H2. The molecule has 0 bridgehead atoms. The van der Waals surface area contributed by atoms with Crippen LogP contribution in [0.5, 0.6) is 0 Å². The summed E-state index contributed by atoms with van der Waals surface area (Å²) in [5, 5.41) is 7.06. The van der Waals surface area contributed by atoms with E-state index in [9.17, 15) is 4.79 Å². The number of nitrogen functional groups attached to an aromatic ring is 1. The molecule has 14 heavy (non-hydrogen) atoms. The van der Waals surface area contributed by atoms with Crippen molar-refractivity contribution in [2.75, 3.05) is 12.3 Å².